The standard InChI is InChI=1S/C19H20/c1-11(2)15-6-7-16-8-12(3)14(5)18-9-13(4)17(10-15)19(16)18/h6-10H,1-5H3. The second-order valence-corrected chi connectivity index (χ2v) is 5.87. The van der Waals surface area contributed by atoms with Gasteiger partial charge in [-0.2, -0.15) is 0 Å². The van der Waals surface area contributed by atoms with Gasteiger partial charge < -0.3 is 0 Å². The molecule has 0 heterocycles. The van der Waals surface area contributed by atoms with E-state index in [-0.39, 0.29) is 0 Å². The number of rotatable bonds is 0. The molecular weight excluding hydrogens is 228 g/mol. The Balaban J connectivity index is 2.60. The van der Waals surface area contributed by atoms with E-state index < -0.39 is 0 Å². The van der Waals surface area contributed by atoms with Crippen molar-refractivity contribution in [3.8, 4) is 11.1 Å². The third kappa shape index (κ3) is 1.74. The normalized spacial score (nSPS) is 11.4. The maximum atomic E-state index is 2.34. The first-order valence-electron chi connectivity index (χ1n) is 6.89. The molecule has 96 valence electrons. The molecule has 0 saturated carbocycles. The van der Waals surface area contributed by atoms with Crippen molar-refractivity contribution in [1.82, 2.24) is 0 Å². The molecule has 0 bridgehead atoms. The van der Waals surface area contributed by atoms with Crippen LogP contribution < -0.4 is 5.22 Å². The van der Waals surface area contributed by atoms with Crippen LogP contribution in [0.4, 0.5) is 0 Å². The molecule has 0 heteroatoms. The van der Waals surface area contributed by atoms with Crippen molar-refractivity contribution < 1.29 is 0 Å². The third-order valence-electron chi connectivity index (χ3n) is 4.30. The fraction of sp³-hybridized carbons (Fsp3) is 0.263. The maximum absolute atomic E-state index is 2.34. The molecule has 0 fully saturated rings. The molecule has 0 atom stereocenters. The van der Waals surface area contributed by atoms with Crippen molar-refractivity contribution >= 4 is 16.3 Å². The lowest BCUT2D eigenvalue weighted by atomic mass is 9.97. The first-order valence-corrected chi connectivity index (χ1v) is 6.89. The summed E-state index contributed by atoms with van der Waals surface area (Å²) in [6.45, 7) is 11.0. The summed E-state index contributed by atoms with van der Waals surface area (Å²) in [7, 11) is 0. The Morgan fingerprint density at radius 2 is 1.58 bits per heavy atom. The minimum Gasteiger partial charge on any atom is -0.0692 e. The molecule has 0 amide bonds. The van der Waals surface area contributed by atoms with Crippen molar-refractivity contribution in [3.05, 3.63) is 52.2 Å². The monoisotopic (exact) mass is 248 g/mol. The van der Waals surface area contributed by atoms with Crippen LogP contribution in [0.15, 0.2) is 30.3 Å². The Morgan fingerprint density at radius 3 is 2.26 bits per heavy atom. The number of benzene rings is 1. The zero-order valence-corrected chi connectivity index (χ0v) is 12.4. The van der Waals surface area contributed by atoms with E-state index >= 15 is 0 Å². The Labute approximate surface area is 115 Å². The number of hydrogen-bond donors (Lipinski definition) is 0. The molecule has 2 aliphatic rings. The maximum Gasteiger partial charge on any atom is -0.00330 e. The van der Waals surface area contributed by atoms with Gasteiger partial charge in [-0.25, -0.2) is 0 Å². The highest BCUT2D eigenvalue weighted by Crippen LogP contribution is 2.39. The van der Waals surface area contributed by atoms with Crippen molar-refractivity contribution in [2.24, 2.45) is 0 Å². The molecule has 2 aliphatic carbocycles. The van der Waals surface area contributed by atoms with Crippen LogP contribution in [0.2, 0.25) is 0 Å². The Kier molecular flexibility index (Phi) is 2.63. The van der Waals surface area contributed by atoms with E-state index in [0.29, 0.717) is 0 Å². The molecule has 19 heavy (non-hydrogen) atoms. The SMILES string of the molecule is CC(C)=c1ccc2cc(C)c(C)c3cc(C)c(c1)-c23. The van der Waals surface area contributed by atoms with E-state index in [9.17, 15) is 0 Å². The van der Waals surface area contributed by atoms with Gasteiger partial charge in [0.2, 0.25) is 0 Å². The highest BCUT2D eigenvalue weighted by Gasteiger charge is 2.15. The van der Waals surface area contributed by atoms with E-state index in [2.05, 4.69) is 65.0 Å². The van der Waals surface area contributed by atoms with E-state index in [0.717, 1.165) is 0 Å². The summed E-state index contributed by atoms with van der Waals surface area (Å²) in [5, 5.41) is 4.11. The van der Waals surface area contributed by atoms with Crippen LogP contribution in [0.1, 0.15) is 30.5 Å². The zero-order chi connectivity index (χ0) is 13.7. The van der Waals surface area contributed by atoms with Gasteiger partial charge in [0.05, 0.1) is 0 Å². The van der Waals surface area contributed by atoms with Crippen LogP contribution in [0.25, 0.3) is 27.5 Å². The predicted octanol–water partition coefficient (Wildman–Crippen LogP) is 4.78. The fourth-order valence-electron chi connectivity index (χ4n) is 2.95. The van der Waals surface area contributed by atoms with Gasteiger partial charge in [0.25, 0.3) is 0 Å². The van der Waals surface area contributed by atoms with Crippen LogP contribution in [-0.2, 0) is 0 Å². The molecule has 1 aromatic carbocycles. The molecule has 0 nitrogen and oxygen atoms in total. The van der Waals surface area contributed by atoms with E-state index in [1.165, 1.54) is 49.4 Å². The summed E-state index contributed by atoms with van der Waals surface area (Å²) in [5.74, 6) is 0. The van der Waals surface area contributed by atoms with E-state index in [1.807, 2.05) is 0 Å². The van der Waals surface area contributed by atoms with Crippen molar-refractivity contribution in [2.45, 2.75) is 34.6 Å². The van der Waals surface area contributed by atoms with Crippen molar-refractivity contribution in [1.29, 1.82) is 0 Å². The van der Waals surface area contributed by atoms with Crippen LogP contribution in [0.3, 0.4) is 0 Å². The summed E-state index contributed by atoms with van der Waals surface area (Å²) >= 11 is 0. The van der Waals surface area contributed by atoms with Crippen LogP contribution in [-0.4, -0.2) is 0 Å². The lowest BCUT2D eigenvalue weighted by Crippen LogP contribution is -1.98. The van der Waals surface area contributed by atoms with Gasteiger partial charge >= 0.3 is 0 Å². The first kappa shape index (κ1) is 12.2. The molecule has 0 N–H and O–H groups in total. The highest BCUT2D eigenvalue weighted by molar-refractivity contribution is 6.02. The summed E-state index contributed by atoms with van der Waals surface area (Å²) < 4.78 is 0. The van der Waals surface area contributed by atoms with Gasteiger partial charge in [0.1, 0.15) is 0 Å². The van der Waals surface area contributed by atoms with Crippen LogP contribution in [0, 0.1) is 20.8 Å². The van der Waals surface area contributed by atoms with Gasteiger partial charge in [0, 0.05) is 0 Å². The van der Waals surface area contributed by atoms with Gasteiger partial charge in [-0.05, 0) is 84.5 Å². The lowest BCUT2D eigenvalue weighted by Gasteiger charge is -2.07. The topological polar surface area (TPSA) is 0 Å². The molecule has 0 aliphatic heterocycles. The average molecular weight is 248 g/mol. The molecule has 0 aromatic heterocycles. The second kappa shape index (κ2) is 4.09. The van der Waals surface area contributed by atoms with Gasteiger partial charge in [0.15, 0.2) is 0 Å². The smallest absolute Gasteiger partial charge is 0.00330 e. The largest absolute Gasteiger partial charge is 0.0692 e. The molecule has 1 aromatic rings. The molecule has 3 rings (SSSR count). The zero-order valence-electron chi connectivity index (χ0n) is 12.4. The molecule has 0 radical (unpaired) electrons. The van der Waals surface area contributed by atoms with Gasteiger partial charge in [-0.15, -0.1) is 0 Å². The Hall–Kier alpha value is -1.82. The Bertz CT molecular complexity index is 802. The van der Waals surface area contributed by atoms with Crippen molar-refractivity contribution in [2.75, 3.05) is 0 Å². The summed E-state index contributed by atoms with van der Waals surface area (Å²) in [4.78, 5) is 0. The summed E-state index contributed by atoms with van der Waals surface area (Å²) in [6, 6.07) is 11.5. The lowest BCUT2D eigenvalue weighted by molar-refractivity contribution is 1.39. The van der Waals surface area contributed by atoms with Gasteiger partial charge in [-0.3, -0.25) is 0 Å². The number of aryl methyl sites for hydroxylation is 3. The van der Waals surface area contributed by atoms with Crippen molar-refractivity contribution in [3.63, 3.8) is 0 Å². The molecule has 0 spiro atoms. The average Bonchev–Trinajstić information content (AvgIpc) is 2.56. The minimum atomic E-state index is 1.34. The fourth-order valence-corrected chi connectivity index (χ4v) is 2.95. The van der Waals surface area contributed by atoms with Gasteiger partial charge in [-0.1, -0.05) is 29.8 Å². The summed E-state index contributed by atoms with van der Waals surface area (Å²) in [5.41, 5.74) is 8.36. The van der Waals surface area contributed by atoms with Crippen LogP contribution in [0.5, 0.6) is 0 Å². The first-order chi connectivity index (χ1) is 8.99. The number of hydrogen-bond acceptors (Lipinski definition) is 0. The molecule has 0 saturated heterocycles. The van der Waals surface area contributed by atoms with Crippen LogP contribution >= 0.6 is 0 Å². The third-order valence-corrected chi connectivity index (χ3v) is 4.30. The van der Waals surface area contributed by atoms with E-state index in [4.69, 9.17) is 0 Å². The Morgan fingerprint density at radius 1 is 0.842 bits per heavy atom. The minimum absolute atomic E-state index is 1.34. The van der Waals surface area contributed by atoms with E-state index in [1.54, 1.807) is 0 Å². The molecular formula is C19H20. The quantitative estimate of drug-likeness (QED) is 0.537. The summed E-state index contributed by atoms with van der Waals surface area (Å²) in [6.07, 6.45) is 0. The highest BCUT2D eigenvalue weighted by atomic mass is 14.2. The second-order valence-electron chi connectivity index (χ2n) is 5.87. The molecule has 0 unspecified atom stereocenters. The predicted molar refractivity (Wildman–Crippen MR) is 84.8 cm³/mol.